The molecule has 0 aromatic carbocycles. The highest BCUT2D eigenvalue weighted by Gasteiger charge is 2.34. The number of aromatic amines is 1. The van der Waals surface area contributed by atoms with Crippen LogP contribution in [0.2, 0.25) is 0 Å². The molecule has 116 valence electrons. The van der Waals surface area contributed by atoms with Gasteiger partial charge in [0.1, 0.15) is 5.69 Å². The number of carbonyl (C=O) groups is 2. The highest BCUT2D eigenvalue weighted by Crippen LogP contribution is 2.22. The van der Waals surface area contributed by atoms with Gasteiger partial charge in [0.05, 0.1) is 17.1 Å². The van der Waals surface area contributed by atoms with Crippen molar-refractivity contribution in [1.29, 1.82) is 0 Å². The molecule has 1 aliphatic rings. The first-order valence-electron chi connectivity index (χ1n) is 6.58. The third-order valence-electron chi connectivity index (χ3n) is 3.80. The predicted molar refractivity (Wildman–Crippen MR) is 76.4 cm³/mol. The van der Waals surface area contributed by atoms with Crippen LogP contribution >= 0.6 is 0 Å². The van der Waals surface area contributed by atoms with Crippen LogP contribution < -0.4 is 0 Å². The average molecular weight is 314 g/mol. The van der Waals surface area contributed by atoms with E-state index in [-0.39, 0.29) is 29.7 Å². The molecule has 2 N–H and O–H groups in total. The molecule has 0 bridgehead atoms. The lowest BCUT2D eigenvalue weighted by atomic mass is 10.1. The van der Waals surface area contributed by atoms with Crippen LogP contribution in [0, 0.1) is 13.8 Å². The maximum Gasteiger partial charge on any atom is 0.352 e. The molecule has 1 amide bonds. The number of sulfone groups is 1. The Morgan fingerprint density at radius 2 is 1.95 bits per heavy atom. The fourth-order valence-corrected chi connectivity index (χ4v) is 4.29. The fraction of sp³-hybridized carbons (Fsp3) is 0.538. The van der Waals surface area contributed by atoms with Crippen molar-refractivity contribution in [3.63, 3.8) is 0 Å². The van der Waals surface area contributed by atoms with Crippen LogP contribution in [-0.2, 0) is 9.84 Å². The van der Waals surface area contributed by atoms with E-state index in [0.717, 1.165) is 0 Å². The van der Waals surface area contributed by atoms with Gasteiger partial charge < -0.3 is 15.0 Å². The van der Waals surface area contributed by atoms with Gasteiger partial charge in [-0.3, -0.25) is 4.79 Å². The van der Waals surface area contributed by atoms with E-state index in [1.54, 1.807) is 20.8 Å². The van der Waals surface area contributed by atoms with Crippen molar-refractivity contribution >= 4 is 21.7 Å². The first kappa shape index (κ1) is 15.6. The van der Waals surface area contributed by atoms with E-state index in [4.69, 9.17) is 5.11 Å². The molecule has 0 aliphatic carbocycles. The zero-order valence-electron chi connectivity index (χ0n) is 12.1. The highest BCUT2D eigenvalue weighted by atomic mass is 32.2. The smallest absolute Gasteiger partial charge is 0.352 e. The summed E-state index contributed by atoms with van der Waals surface area (Å²) in [6.45, 7) is 5.03. The minimum Gasteiger partial charge on any atom is -0.477 e. The summed E-state index contributed by atoms with van der Waals surface area (Å²) in [6.07, 6.45) is 0. The summed E-state index contributed by atoms with van der Waals surface area (Å²) in [4.78, 5) is 27.9. The third kappa shape index (κ3) is 2.80. The fourth-order valence-electron chi connectivity index (χ4n) is 2.73. The van der Waals surface area contributed by atoms with E-state index in [2.05, 4.69) is 4.98 Å². The van der Waals surface area contributed by atoms with Gasteiger partial charge in [-0.25, -0.2) is 13.2 Å². The Morgan fingerprint density at radius 3 is 2.43 bits per heavy atom. The zero-order valence-corrected chi connectivity index (χ0v) is 13.0. The lowest BCUT2D eigenvalue weighted by Crippen LogP contribution is -2.49. The molecule has 2 heterocycles. The molecule has 0 radical (unpaired) electrons. The summed E-state index contributed by atoms with van der Waals surface area (Å²) in [5.74, 6) is -1.56. The minimum absolute atomic E-state index is 0.00636. The number of hydrogen-bond acceptors (Lipinski definition) is 4. The molecule has 8 heteroatoms. The van der Waals surface area contributed by atoms with Gasteiger partial charge in [0.25, 0.3) is 5.91 Å². The van der Waals surface area contributed by atoms with Gasteiger partial charge in [0.2, 0.25) is 0 Å². The number of H-pyrrole nitrogens is 1. The molecule has 0 spiro atoms. The number of carboxylic acids is 1. The largest absolute Gasteiger partial charge is 0.477 e. The number of carbonyl (C=O) groups excluding carboxylic acids is 1. The lowest BCUT2D eigenvalue weighted by Gasteiger charge is -2.33. The van der Waals surface area contributed by atoms with Crippen LogP contribution in [0.3, 0.4) is 0 Å². The molecule has 1 aromatic heterocycles. The molecule has 1 saturated heterocycles. The van der Waals surface area contributed by atoms with Crippen LogP contribution in [0.15, 0.2) is 0 Å². The second-order valence-electron chi connectivity index (χ2n) is 5.39. The van der Waals surface area contributed by atoms with Crippen LogP contribution in [0.25, 0.3) is 0 Å². The van der Waals surface area contributed by atoms with Crippen molar-refractivity contribution in [2.45, 2.75) is 26.8 Å². The molecule has 0 saturated carbocycles. The molecule has 1 unspecified atom stereocenters. The van der Waals surface area contributed by atoms with E-state index in [1.165, 1.54) is 4.90 Å². The van der Waals surface area contributed by atoms with Crippen LogP contribution in [0.4, 0.5) is 0 Å². The number of nitrogens with one attached hydrogen (secondary N) is 1. The van der Waals surface area contributed by atoms with Gasteiger partial charge >= 0.3 is 5.97 Å². The summed E-state index contributed by atoms with van der Waals surface area (Å²) >= 11 is 0. The molecular weight excluding hydrogens is 296 g/mol. The number of aromatic nitrogens is 1. The molecule has 1 aliphatic heterocycles. The predicted octanol–water partition coefficient (Wildman–Crippen LogP) is 0.589. The number of aryl methyl sites for hydroxylation is 1. The number of hydrogen-bond donors (Lipinski definition) is 2. The molecule has 1 aromatic rings. The molecule has 1 atom stereocenters. The van der Waals surface area contributed by atoms with Gasteiger partial charge in [-0.1, -0.05) is 0 Å². The summed E-state index contributed by atoms with van der Waals surface area (Å²) in [6, 6.07) is -0.418. The number of rotatable bonds is 2. The second kappa shape index (κ2) is 5.18. The average Bonchev–Trinajstić information content (AvgIpc) is 2.63. The van der Waals surface area contributed by atoms with Crippen molar-refractivity contribution in [3.8, 4) is 0 Å². The quantitative estimate of drug-likeness (QED) is 0.830. The van der Waals surface area contributed by atoms with Crippen molar-refractivity contribution < 1.29 is 23.1 Å². The Balaban J connectivity index is 2.35. The molecule has 7 nitrogen and oxygen atoms in total. The van der Waals surface area contributed by atoms with Crippen molar-refractivity contribution in [2.24, 2.45) is 0 Å². The van der Waals surface area contributed by atoms with E-state index >= 15 is 0 Å². The second-order valence-corrected chi connectivity index (χ2v) is 7.62. The highest BCUT2D eigenvalue weighted by molar-refractivity contribution is 7.91. The monoisotopic (exact) mass is 314 g/mol. The van der Waals surface area contributed by atoms with Crippen LogP contribution in [0.5, 0.6) is 0 Å². The van der Waals surface area contributed by atoms with Crippen molar-refractivity contribution in [2.75, 3.05) is 18.1 Å². The maximum atomic E-state index is 12.6. The summed E-state index contributed by atoms with van der Waals surface area (Å²) in [5.41, 5.74) is 1.17. The molecule has 21 heavy (non-hydrogen) atoms. The topological polar surface area (TPSA) is 108 Å². The van der Waals surface area contributed by atoms with Crippen LogP contribution in [0.1, 0.15) is 39.0 Å². The van der Waals surface area contributed by atoms with Gasteiger partial charge in [-0.05, 0) is 26.3 Å². The van der Waals surface area contributed by atoms with Gasteiger partial charge in [0, 0.05) is 18.3 Å². The Morgan fingerprint density at radius 1 is 1.33 bits per heavy atom. The SMILES string of the molecule is Cc1[nH]c(C(=O)O)c(C)c1C(=O)N1CCS(=O)(=O)CC1C. The van der Waals surface area contributed by atoms with E-state index in [0.29, 0.717) is 16.8 Å². The Labute approximate surface area is 122 Å². The Bertz CT molecular complexity index is 704. The van der Waals surface area contributed by atoms with Crippen molar-refractivity contribution in [1.82, 2.24) is 9.88 Å². The van der Waals surface area contributed by atoms with E-state index < -0.39 is 21.8 Å². The van der Waals surface area contributed by atoms with E-state index in [9.17, 15) is 18.0 Å². The third-order valence-corrected chi connectivity index (χ3v) is 5.59. The lowest BCUT2D eigenvalue weighted by molar-refractivity contribution is 0.0689. The van der Waals surface area contributed by atoms with Crippen LogP contribution in [-0.4, -0.2) is 59.4 Å². The summed E-state index contributed by atoms with van der Waals surface area (Å²) < 4.78 is 23.1. The number of aromatic carboxylic acids is 1. The van der Waals surface area contributed by atoms with Gasteiger partial charge in [-0.15, -0.1) is 0 Å². The Hall–Kier alpha value is -1.83. The number of amides is 1. The van der Waals surface area contributed by atoms with Gasteiger partial charge in [0.15, 0.2) is 9.84 Å². The molecular formula is C13H18N2O5S. The van der Waals surface area contributed by atoms with E-state index in [1.807, 2.05) is 0 Å². The Kier molecular flexibility index (Phi) is 3.83. The first-order chi connectivity index (χ1) is 9.64. The van der Waals surface area contributed by atoms with Gasteiger partial charge in [-0.2, -0.15) is 0 Å². The number of carboxylic acid groups (broad SMARTS) is 1. The molecule has 2 rings (SSSR count). The first-order valence-corrected chi connectivity index (χ1v) is 8.40. The zero-order chi connectivity index (χ0) is 15.9. The summed E-state index contributed by atoms with van der Waals surface area (Å²) in [7, 11) is -3.10. The summed E-state index contributed by atoms with van der Waals surface area (Å²) in [5, 5.41) is 9.08. The number of nitrogens with zero attached hydrogens (tertiary/aromatic N) is 1. The minimum atomic E-state index is -3.10. The van der Waals surface area contributed by atoms with Crippen molar-refractivity contribution in [3.05, 3.63) is 22.5 Å². The molecule has 1 fully saturated rings. The normalized spacial score (nSPS) is 21.3. The standard InChI is InChI=1S/C13H18N2O5S/c1-7-6-21(19,20)5-4-15(7)12(16)10-8(2)11(13(17)18)14-9(10)3/h7,14H,4-6H2,1-3H3,(H,17,18). The maximum absolute atomic E-state index is 12.6.